The zero-order valence-electron chi connectivity index (χ0n) is 8.95. The first-order valence-electron chi connectivity index (χ1n) is 4.59. The number of non-ortho nitro benzene ring substituents is 1. The maximum atomic E-state index is 11.5. The number of benzene rings is 1. The van der Waals surface area contributed by atoms with E-state index in [0.717, 1.165) is 12.2 Å². The number of allylic oxidation sites excluding steroid dienone is 1. The van der Waals surface area contributed by atoms with Crippen LogP contribution >= 0.6 is 0 Å². The molecule has 0 fully saturated rings. The highest BCUT2D eigenvalue weighted by molar-refractivity contribution is 6.07. The van der Waals surface area contributed by atoms with Crippen molar-refractivity contribution < 1.29 is 19.2 Å². The van der Waals surface area contributed by atoms with Crippen molar-refractivity contribution in [1.29, 1.82) is 0 Å². The zero-order chi connectivity index (χ0) is 12.8. The summed E-state index contributed by atoms with van der Waals surface area (Å²) in [5.74, 6) is -1.06. The summed E-state index contributed by atoms with van der Waals surface area (Å²) in [7, 11) is 1.20. The van der Waals surface area contributed by atoms with Crippen LogP contribution in [-0.4, -0.2) is 23.8 Å². The Morgan fingerprint density at radius 3 is 2.29 bits per heavy atom. The molecule has 0 atom stereocenters. The van der Waals surface area contributed by atoms with Gasteiger partial charge in [-0.05, 0) is 18.2 Å². The molecule has 88 valence electrons. The monoisotopic (exact) mass is 235 g/mol. The molecule has 17 heavy (non-hydrogen) atoms. The van der Waals surface area contributed by atoms with Crippen molar-refractivity contribution in [3.05, 3.63) is 52.1 Å². The van der Waals surface area contributed by atoms with Crippen LogP contribution in [0.15, 0.2) is 36.4 Å². The van der Waals surface area contributed by atoms with Crippen molar-refractivity contribution in [3.8, 4) is 0 Å². The Labute approximate surface area is 96.7 Å². The molecular formula is C11H9NO5. The topological polar surface area (TPSA) is 86.5 Å². The highest BCUT2D eigenvalue weighted by Gasteiger charge is 2.07. The number of esters is 1. The van der Waals surface area contributed by atoms with E-state index in [1.54, 1.807) is 0 Å². The molecular weight excluding hydrogens is 226 g/mol. The summed E-state index contributed by atoms with van der Waals surface area (Å²) in [4.78, 5) is 32.0. The van der Waals surface area contributed by atoms with E-state index in [1.807, 2.05) is 0 Å². The van der Waals surface area contributed by atoms with Gasteiger partial charge in [0.2, 0.25) is 0 Å². The molecule has 0 N–H and O–H groups in total. The second kappa shape index (κ2) is 5.55. The Hall–Kier alpha value is -2.50. The standard InChI is InChI=1S/C11H9NO5/c1-17-11(14)7-6-10(13)8-2-4-9(5-3-8)12(15)16/h2-7H,1H3/b7-6+. The van der Waals surface area contributed by atoms with Crippen LogP contribution in [0.4, 0.5) is 5.69 Å². The zero-order valence-corrected chi connectivity index (χ0v) is 8.95. The minimum atomic E-state index is -0.639. The van der Waals surface area contributed by atoms with Gasteiger partial charge in [-0.3, -0.25) is 14.9 Å². The van der Waals surface area contributed by atoms with E-state index in [1.165, 1.54) is 31.4 Å². The van der Waals surface area contributed by atoms with E-state index in [9.17, 15) is 19.7 Å². The van der Waals surface area contributed by atoms with Gasteiger partial charge in [0.05, 0.1) is 12.0 Å². The molecule has 0 aromatic heterocycles. The first kappa shape index (κ1) is 12.6. The van der Waals surface area contributed by atoms with Gasteiger partial charge in [-0.15, -0.1) is 0 Å². The van der Waals surface area contributed by atoms with Gasteiger partial charge in [-0.2, -0.15) is 0 Å². The number of hydrogen-bond donors (Lipinski definition) is 0. The molecule has 6 heteroatoms. The van der Waals surface area contributed by atoms with Gasteiger partial charge in [-0.1, -0.05) is 0 Å². The summed E-state index contributed by atoms with van der Waals surface area (Å²) in [6, 6.07) is 5.09. The fourth-order valence-electron chi connectivity index (χ4n) is 1.06. The van der Waals surface area contributed by atoms with Crippen LogP contribution in [-0.2, 0) is 9.53 Å². The third-order valence-electron chi connectivity index (χ3n) is 1.93. The van der Waals surface area contributed by atoms with Crippen LogP contribution in [0.3, 0.4) is 0 Å². The van der Waals surface area contributed by atoms with Crippen molar-refractivity contribution >= 4 is 17.4 Å². The fourth-order valence-corrected chi connectivity index (χ4v) is 1.06. The molecule has 1 rings (SSSR count). The highest BCUT2D eigenvalue weighted by Crippen LogP contribution is 2.12. The Kier molecular flexibility index (Phi) is 4.10. The van der Waals surface area contributed by atoms with E-state index in [4.69, 9.17) is 0 Å². The maximum absolute atomic E-state index is 11.5. The van der Waals surface area contributed by atoms with Crippen molar-refractivity contribution in [2.75, 3.05) is 7.11 Å². The molecule has 0 saturated heterocycles. The van der Waals surface area contributed by atoms with Gasteiger partial charge >= 0.3 is 5.97 Å². The van der Waals surface area contributed by atoms with Crippen molar-refractivity contribution in [1.82, 2.24) is 0 Å². The predicted octanol–water partition coefficient (Wildman–Crippen LogP) is 1.51. The number of methoxy groups -OCH3 is 1. The van der Waals surface area contributed by atoms with Gasteiger partial charge in [0.1, 0.15) is 0 Å². The molecule has 6 nitrogen and oxygen atoms in total. The highest BCUT2D eigenvalue weighted by atomic mass is 16.6. The Balaban J connectivity index is 2.80. The van der Waals surface area contributed by atoms with Crippen molar-refractivity contribution in [3.63, 3.8) is 0 Å². The molecule has 0 aliphatic rings. The fraction of sp³-hybridized carbons (Fsp3) is 0.0909. The summed E-state index contributed by atoms with van der Waals surface area (Å²) in [6.45, 7) is 0. The smallest absolute Gasteiger partial charge is 0.330 e. The normalized spacial score (nSPS) is 10.2. The van der Waals surface area contributed by atoms with Crippen LogP contribution in [0.1, 0.15) is 10.4 Å². The van der Waals surface area contributed by atoms with Gasteiger partial charge in [0.25, 0.3) is 5.69 Å². The van der Waals surface area contributed by atoms with E-state index >= 15 is 0 Å². The molecule has 1 aromatic rings. The molecule has 0 amide bonds. The number of rotatable bonds is 4. The Bertz CT molecular complexity index is 475. The molecule has 0 radical (unpaired) electrons. The Morgan fingerprint density at radius 2 is 1.82 bits per heavy atom. The minimum absolute atomic E-state index is 0.0986. The van der Waals surface area contributed by atoms with Crippen LogP contribution < -0.4 is 0 Å². The first-order valence-corrected chi connectivity index (χ1v) is 4.59. The Morgan fingerprint density at radius 1 is 1.24 bits per heavy atom. The third kappa shape index (κ3) is 3.53. The number of nitro benzene ring substituents is 1. The third-order valence-corrected chi connectivity index (χ3v) is 1.93. The van der Waals surface area contributed by atoms with Crippen molar-refractivity contribution in [2.24, 2.45) is 0 Å². The van der Waals surface area contributed by atoms with Gasteiger partial charge in [-0.25, -0.2) is 4.79 Å². The van der Waals surface area contributed by atoms with Crippen LogP contribution in [0.25, 0.3) is 0 Å². The SMILES string of the molecule is COC(=O)/C=C/C(=O)c1ccc([N+](=O)[O-])cc1. The quantitative estimate of drug-likeness (QED) is 0.259. The molecule has 1 aromatic carbocycles. The van der Waals surface area contributed by atoms with Crippen LogP contribution in [0, 0.1) is 10.1 Å². The predicted molar refractivity (Wildman–Crippen MR) is 58.6 cm³/mol. The summed E-state index contributed by atoms with van der Waals surface area (Å²) in [6.07, 6.45) is 2.04. The maximum Gasteiger partial charge on any atom is 0.330 e. The first-order chi connectivity index (χ1) is 8.04. The van der Waals surface area contributed by atoms with Crippen LogP contribution in [0.5, 0.6) is 0 Å². The van der Waals surface area contributed by atoms with E-state index in [-0.39, 0.29) is 11.3 Å². The van der Waals surface area contributed by atoms with Crippen molar-refractivity contribution in [2.45, 2.75) is 0 Å². The number of carbonyl (C=O) groups excluding carboxylic acids is 2. The average Bonchev–Trinajstić information content (AvgIpc) is 2.35. The molecule has 0 spiro atoms. The largest absolute Gasteiger partial charge is 0.466 e. The number of carbonyl (C=O) groups is 2. The lowest BCUT2D eigenvalue weighted by Gasteiger charge is -1.95. The number of nitrogens with zero attached hydrogens (tertiary/aromatic N) is 1. The molecule has 0 bridgehead atoms. The summed E-state index contributed by atoms with van der Waals surface area (Å²) in [5, 5.41) is 10.4. The lowest BCUT2D eigenvalue weighted by molar-refractivity contribution is -0.384. The summed E-state index contributed by atoms with van der Waals surface area (Å²) in [5.41, 5.74) is 0.161. The van der Waals surface area contributed by atoms with Gasteiger partial charge in [0, 0.05) is 23.8 Å². The molecule has 0 aliphatic heterocycles. The van der Waals surface area contributed by atoms with Gasteiger partial charge in [0.15, 0.2) is 5.78 Å². The van der Waals surface area contributed by atoms with E-state index in [0.29, 0.717) is 0 Å². The summed E-state index contributed by atoms with van der Waals surface area (Å²) < 4.78 is 4.32. The van der Waals surface area contributed by atoms with E-state index < -0.39 is 16.7 Å². The number of hydrogen-bond acceptors (Lipinski definition) is 5. The lowest BCUT2D eigenvalue weighted by Crippen LogP contribution is -1.99. The van der Waals surface area contributed by atoms with Gasteiger partial charge < -0.3 is 4.74 Å². The summed E-state index contributed by atoms with van der Waals surface area (Å²) >= 11 is 0. The molecule has 0 unspecified atom stereocenters. The number of ether oxygens (including phenoxy) is 1. The molecule has 0 heterocycles. The molecule has 0 aliphatic carbocycles. The average molecular weight is 235 g/mol. The lowest BCUT2D eigenvalue weighted by atomic mass is 10.1. The number of nitro groups is 1. The van der Waals surface area contributed by atoms with Crippen LogP contribution in [0.2, 0.25) is 0 Å². The minimum Gasteiger partial charge on any atom is -0.466 e. The van der Waals surface area contributed by atoms with E-state index in [2.05, 4.69) is 4.74 Å². The second-order valence-electron chi connectivity index (χ2n) is 3.02. The molecule has 0 saturated carbocycles. The second-order valence-corrected chi connectivity index (χ2v) is 3.02. The number of ketones is 1.